The minimum atomic E-state index is 0. The van der Waals surface area contributed by atoms with Crippen molar-refractivity contribution in [2.45, 2.75) is 46.6 Å². The van der Waals surface area contributed by atoms with Crippen LogP contribution in [-0.4, -0.2) is 52.6 Å². The first-order valence-corrected chi connectivity index (χ1v) is 10.4. The molecule has 1 aliphatic carbocycles. The molecule has 0 aliphatic heterocycles. The molecule has 0 aromatic heterocycles. The van der Waals surface area contributed by atoms with E-state index in [1.54, 1.807) is 7.11 Å². The van der Waals surface area contributed by atoms with Crippen LogP contribution in [0.15, 0.2) is 23.2 Å². The molecule has 0 amide bonds. The van der Waals surface area contributed by atoms with Gasteiger partial charge in [0.25, 0.3) is 0 Å². The zero-order valence-corrected chi connectivity index (χ0v) is 20.7. The van der Waals surface area contributed by atoms with Gasteiger partial charge in [-0.2, -0.15) is 0 Å². The summed E-state index contributed by atoms with van der Waals surface area (Å²) in [5, 5.41) is 6.88. The SMILES string of the molecule is CCNC(=NCc1ccc(C)cc1OCCOC)NCC1(CCOCC)CC1.I. The summed E-state index contributed by atoms with van der Waals surface area (Å²) in [4.78, 5) is 4.78. The van der Waals surface area contributed by atoms with Gasteiger partial charge in [0.2, 0.25) is 0 Å². The number of aliphatic imine (C=N–C) groups is 1. The maximum Gasteiger partial charge on any atom is 0.191 e. The van der Waals surface area contributed by atoms with E-state index in [2.05, 4.69) is 42.7 Å². The molecule has 0 saturated heterocycles. The van der Waals surface area contributed by atoms with E-state index in [1.165, 1.54) is 18.4 Å². The molecular weight excluding hydrogens is 481 g/mol. The molecule has 2 rings (SSSR count). The molecule has 1 saturated carbocycles. The first kappa shape index (κ1) is 26.0. The van der Waals surface area contributed by atoms with Crippen LogP contribution in [0.25, 0.3) is 0 Å². The molecule has 0 heterocycles. The second-order valence-corrected chi connectivity index (χ2v) is 7.45. The number of aryl methyl sites for hydroxylation is 1. The van der Waals surface area contributed by atoms with Crippen molar-refractivity contribution < 1.29 is 14.2 Å². The van der Waals surface area contributed by atoms with Gasteiger partial charge in [0.05, 0.1) is 13.2 Å². The number of ether oxygens (including phenoxy) is 3. The van der Waals surface area contributed by atoms with E-state index >= 15 is 0 Å². The second kappa shape index (κ2) is 14.0. The van der Waals surface area contributed by atoms with Gasteiger partial charge >= 0.3 is 0 Å². The van der Waals surface area contributed by atoms with Crippen LogP contribution >= 0.6 is 24.0 Å². The van der Waals surface area contributed by atoms with E-state index in [-0.39, 0.29) is 24.0 Å². The van der Waals surface area contributed by atoms with Crippen molar-refractivity contribution in [3.63, 3.8) is 0 Å². The number of halogens is 1. The fraction of sp³-hybridized carbons (Fsp3) is 0.682. The summed E-state index contributed by atoms with van der Waals surface area (Å²) in [6.45, 7) is 11.3. The largest absolute Gasteiger partial charge is 0.491 e. The maximum absolute atomic E-state index is 5.88. The van der Waals surface area contributed by atoms with Crippen LogP contribution in [0.1, 0.15) is 44.2 Å². The number of hydrogen-bond acceptors (Lipinski definition) is 4. The average molecular weight is 519 g/mol. The lowest BCUT2D eigenvalue weighted by Crippen LogP contribution is -2.40. The number of nitrogens with zero attached hydrogens (tertiary/aromatic N) is 1. The Bertz CT molecular complexity index is 621. The molecule has 6 nitrogen and oxygen atoms in total. The lowest BCUT2D eigenvalue weighted by atomic mass is 10.0. The van der Waals surface area contributed by atoms with Gasteiger partial charge in [0.1, 0.15) is 12.4 Å². The standard InChI is InChI=1S/C22H37N3O3.HI/c1-5-23-21(25-17-22(9-10-22)11-12-27-6-2)24-16-19-8-7-18(3)15-20(19)28-14-13-26-4;/h7-8,15H,5-6,9-14,16-17H2,1-4H3,(H2,23,24,25);1H. The topological polar surface area (TPSA) is 64.1 Å². The third kappa shape index (κ3) is 9.53. The Balaban J connectivity index is 0.00000420. The van der Waals surface area contributed by atoms with Crippen LogP contribution < -0.4 is 15.4 Å². The van der Waals surface area contributed by atoms with Crippen molar-refractivity contribution in [1.29, 1.82) is 0 Å². The van der Waals surface area contributed by atoms with Crippen LogP contribution in [0.2, 0.25) is 0 Å². The third-order valence-electron chi connectivity index (χ3n) is 5.09. The van der Waals surface area contributed by atoms with Gasteiger partial charge in [-0.15, -0.1) is 24.0 Å². The highest BCUT2D eigenvalue weighted by Crippen LogP contribution is 2.48. The first-order chi connectivity index (χ1) is 13.6. The molecule has 1 aliphatic rings. The number of guanidine groups is 1. The van der Waals surface area contributed by atoms with E-state index in [0.717, 1.165) is 50.0 Å². The van der Waals surface area contributed by atoms with Gasteiger partial charge in [-0.05, 0) is 57.1 Å². The second-order valence-electron chi connectivity index (χ2n) is 7.45. The smallest absolute Gasteiger partial charge is 0.191 e. The number of benzene rings is 1. The summed E-state index contributed by atoms with van der Waals surface area (Å²) in [6.07, 6.45) is 3.65. The van der Waals surface area contributed by atoms with Gasteiger partial charge in [-0.1, -0.05) is 12.1 Å². The highest BCUT2D eigenvalue weighted by Gasteiger charge is 2.41. The third-order valence-corrected chi connectivity index (χ3v) is 5.09. The molecule has 0 radical (unpaired) electrons. The number of rotatable bonds is 13. The molecular formula is C22H38IN3O3. The molecule has 29 heavy (non-hydrogen) atoms. The van der Waals surface area contributed by atoms with Crippen molar-refractivity contribution in [3.8, 4) is 5.75 Å². The molecule has 1 fully saturated rings. The highest BCUT2D eigenvalue weighted by atomic mass is 127. The summed E-state index contributed by atoms with van der Waals surface area (Å²) < 4.78 is 16.5. The van der Waals surface area contributed by atoms with Gasteiger partial charge < -0.3 is 24.8 Å². The van der Waals surface area contributed by atoms with E-state index in [9.17, 15) is 0 Å². The summed E-state index contributed by atoms with van der Waals surface area (Å²) in [6, 6.07) is 6.25. The summed E-state index contributed by atoms with van der Waals surface area (Å²) in [7, 11) is 1.68. The van der Waals surface area contributed by atoms with Gasteiger partial charge in [-0.25, -0.2) is 4.99 Å². The predicted molar refractivity (Wildman–Crippen MR) is 130 cm³/mol. The molecule has 7 heteroatoms. The predicted octanol–water partition coefficient (Wildman–Crippen LogP) is 3.90. The monoisotopic (exact) mass is 519 g/mol. The Kier molecular flexibility index (Phi) is 12.6. The van der Waals surface area contributed by atoms with Crippen LogP contribution in [0.3, 0.4) is 0 Å². The fourth-order valence-corrected chi connectivity index (χ4v) is 3.06. The van der Waals surface area contributed by atoms with Gasteiger partial charge in [0, 0.05) is 39.0 Å². The Morgan fingerprint density at radius 2 is 1.93 bits per heavy atom. The minimum absolute atomic E-state index is 0. The number of nitrogens with one attached hydrogen (secondary N) is 2. The van der Waals surface area contributed by atoms with Crippen molar-refractivity contribution >= 4 is 29.9 Å². The lowest BCUT2D eigenvalue weighted by Gasteiger charge is -2.18. The molecule has 0 unspecified atom stereocenters. The van der Waals surface area contributed by atoms with Gasteiger partial charge in [0.15, 0.2) is 5.96 Å². The molecule has 0 bridgehead atoms. The molecule has 0 spiro atoms. The first-order valence-electron chi connectivity index (χ1n) is 10.4. The van der Waals surface area contributed by atoms with Crippen molar-refractivity contribution in [3.05, 3.63) is 29.3 Å². The zero-order valence-electron chi connectivity index (χ0n) is 18.4. The quantitative estimate of drug-likeness (QED) is 0.179. The van der Waals surface area contributed by atoms with Gasteiger partial charge in [-0.3, -0.25) is 0 Å². The Labute approximate surface area is 193 Å². The summed E-state index contributed by atoms with van der Waals surface area (Å²) >= 11 is 0. The molecule has 0 atom stereocenters. The molecule has 2 N–H and O–H groups in total. The van der Waals surface area contributed by atoms with Crippen LogP contribution in [0.4, 0.5) is 0 Å². The average Bonchev–Trinajstić information content (AvgIpc) is 3.46. The Morgan fingerprint density at radius 3 is 2.59 bits per heavy atom. The minimum Gasteiger partial charge on any atom is -0.491 e. The number of hydrogen-bond donors (Lipinski definition) is 2. The summed E-state index contributed by atoms with van der Waals surface area (Å²) in [5.41, 5.74) is 2.63. The fourth-order valence-electron chi connectivity index (χ4n) is 3.06. The van der Waals surface area contributed by atoms with E-state index in [1.807, 2.05) is 6.92 Å². The van der Waals surface area contributed by atoms with Crippen molar-refractivity contribution in [2.24, 2.45) is 10.4 Å². The van der Waals surface area contributed by atoms with E-state index in [4.69, 9.17) is 19.2 Å². The molecule has 1 aromatic carbocycles. The normalized spacial score (nSPS) is 14.8. The highest BCUT2D eigenvalue weighted by molar-refractivity contribution is 14.0. The van der Waals surface area contributed by atoms with Crippen LogP contribution in [0.5, 0.6) is 5.75 Å². The van der Waals surface area contributed by atoms with E-state index in [0.29, 0.717) is 25.2 Å². The maximum atomic E-state index is 5.88. The number of methoxy groups -OCH3 is 1. The zero-order chi connectivity index (χ0) is 20.2. The molecule has 166 valence electrons. The van der Waals surface area contributed by atoms with Crippen LogP contribution in [0, 0.1) is 12.3 Å². The Morgan fingerprint density at radius 1 is 1.14 bits per heavy atom. The Hall–Kier alpha value is -1.06. The van der Waals surface area contributed by atoms with Crippen molar-refractivity contribution in [1.82, 2.24) is 10.6 Å². The molecule has 1 aromatic rings. The van der Waals surface area contributed by atoms with Crippen molar-refractivity contribution in [2.75, 3.05) is 46.6 Å². The lowest BCUT2D eigenvalue weighted by molar-refractivity contribution is 0.128. The van der Waals surface area contributed by atoms with E-state index < -0.39 is 0 Å². The van der Waals surface area contributed by atoms with Crippen LogP contribution in [-0.2, 0) is 16.0 Å². The summed E-state index contributed by atoms with van der Waals surface area (Å²) in [5.74, 6) is 1.74.